The maximum Gasteiger partial charge on any atom is 0.239 e. The summed E-state index contributed by atoms with van der Waals surface area (Å²) in [5.41, 5.74) is 0. The Hall–Kier alpha value is -1.12. The van der Waals surface area contributed by atoms with E-state index in [4.69, 9.17) is 10.00 Å². The van der Waals surface area contributed by atoms with Crippen molar-refractivity contribution in [3.63, 3.8) is 0 Å². The van der Waals surface area contributed by atoms with E-state index in [0.29, 0.717) is 26.2 Å². The van der Waals surface area contributed by atoms with Gasteiger partial charge < -0.3 is 10.1 Å². The van der Waals surface area contributed by atoms with E-state index in [-0.39, 0.29) is 24.0 Å². The zero-order valence-electron chi connectivity index (χ0n) is 10.8. The summed E-state index contributed by atoms with van der Waals surface area (Å²) in [7, 11) is 0. The third-order valence-corrected chi connectivity index (χ3v) is 2.86. The van der Waals surface area contributed by atoms with Crippen LogP contribution in [0.4, 0.5) is 0 Å². The summed E-state index contributed by atoms with van der Waals surface area (Å²) in [5.74, 6) is -0.00973. The summed E-state index contributed by atoms with van der Waals surface area (Å²) >= 11 is 0. The lowest BCUT2D eigenvalue weighted by molar-refractivity contribution is -0.134. The van der Waals surface area contributed by atoms with Gasteiger partial charge in [0.25, 0.3) is 0 Å². The molecule has 0 saturated carbocycles. The molecule has 1 aliphatic rings. The zero-order valence-corrected chi connectivity index (χ0v) is 10.8. The highest BCUT2D eigenvalue weighted by molar-refractivity contribution is 5.82. The molecule has 0 aliphatic carbocycles. The van der Waals surface area contributed by atoms with Gasteiger partial charge >= 0.3 is 0 Å². The molecule has 1 N–H and O–H groups in total. The molecule has 0 radical (unpaired) electrons. The van der Waals surface area contributed by atoms with E-state index in [9.17, 15) is 4.79 Å². The van der Waals surface area contributed by atoms with Gasteiger partial charge in [-0.2, -0.15) is 5.26 Å². The lowest BCUT2D eigenvalue weighted by atomic mass is 10.1. The quantitative estimate of drug-likeness (QED) is 0.776. The van der Waals surface area contributed by atoms with Gasteiger partial charge in [0.05, 0.1) is 25.7 Å². The van der Waals surface area contributed by atoms with Gasteiger partial charge in [0.2, 0.25) is 5.91 Å². The highest BCUT2D eigenvalue weighted by Crippen LogP contribution is 2.13. The fourth-order valence-corrected chi connectivity index (χ4v) is 2.00. The number of hydrogen-bond donors (Lipinski definition) is 1. The monoisotopic (exact) mass is 239 g/mol. The molecule has 0 aromatic rings. The molecule has 1 fully saturated rings. The van der Waals surface area contributed by atoms with E-state index in [2.05, 4.69) is 16.3 Å². The fourth-order valence-electron chi connectivity index (χ4n) is 2.00. The van der Waals surface area contributed by atoms with Crippen molar-refractivity contribution in [3.05, 3.63) is 0 Å². The van der Waals surface area contributed by atoms with Gasteiger partial charge in [-0.3, -0.25) is 9.69 Å². The minimum atomic E-state index is -0.269. The molecule has 17 heavy (non-hydrogen) atoms. The first-order valence-corrected chi connectivity index (χ1v) is 6.07. The number of nitrogens with zero attached hydrogens (tertiary/aromatic N) is 2. The van der Waals surface area contributed by atoms with Crippen LogP contribution in [0.5, 0.6) is 0 Å². The van der Waals surface area contributed by atoms with E-state index >= 15 is 0 Å². The van der Waals surface area contributed by atoms with Gasteiger partial charge in [-0.25, -0.2) is 0 Å². The van der Waals surface area contributed by atoms with Gasteiger partial charge in [0.1, 0.15) is 6.04 Å². The first kappa shape index (κ1) is 13.9. The van der Waals surface area contributed by atoms with Crippen LogP contribution in [0, 0.1) is 11.3 Å². The molecule has 1 aliphatic heterocycles. The molecule has 5 nitrogen and oxygen atoms in total. The fraction of sp³-hybridized carbons (Fsp3) is 0.833. The molecule has 2 atom stereocenters. The van der Waals surface area contributed by atoms with Crippen LogP contribution in [0.25, 0.3) is 0 Å². The van der Waals surface area contributed by atoms with Gasteiger partial charge in [0.15, 0.2) is 0 Å². The van der Waals surface area contributed by atoms with Crippen LogP contribution < -0.4 is 5.32 Å². The summed E-state index contributed by atoms with van der Waals surface area (Å²) in [4.78, 5) is 14.1. The van der Waals surface area contributed by atoms with E-state index < -0.39 is 0 Å². The molecule has 5 heteroatoms. The van der Waals surface area contributed by atoms with E-state index in [1.54, 1.807) is 0 Å². The van der Waals surface area contributed by atoms with E-state index in [1.165, 1.54) is 0 Å². The number of morpholine rings is 1. The maximum atomic E-state index is 12.0. The average Bonchev–Trinajstić information content (AvgIpc) is 2.28. The number of ether oxygens (including phenoxy) is 1. The summed E-state index contributed by atoms with van der Waals surface area (Å²) in [6, 6.07) is 2.09. The van der Waals surface area contributed by atoms with Crippen molar-refractivity contribution in [1.29, 1.82) is 5.26 Å². The van der Waals surface area contributed by atoms with Crippen molar-refractivity contribution in [2.24, 2.45) is 0 Å². The predicted molar refractivity (Wildman–Crippen MR) is 64.3 cm³/mol. The van der Waals surface area contributed by atoms with Crippen molar-refractivity contribution in [3.8, 4) is 6.07 Å². The molecule has 1 rings (SSSR count). The molecule has 1 amide bonds. The number of nitrogens with one attached hydrogen (secondary N) is 1. The van der Waals surface area contributed by atoms with Gasteiger partial charge in [-0.15, -0.1) is 0 Å². The molecule has 2 unspecified atom stereocenters. The molecule has 96 valence electrons. The van der Waals surface area contributed by atoms with Crippen LogP contribution in [-0.2, 0) is 9.53 Å². The Morgan fingerprint density at radius 2 is 2.29 bits per heavy atom. The molecule has 1 heterocycles. The van der Waals surface area contributed by atoms with Gasteiger partial charge in [-0.05, 0) is 20.8 Å². The summed E-state index contributed by atoms with van der Waals surface area (Å²) in [5, 5.41) is 11.6. The normalized spacial score (nSPS) is 23.1. The molecule has 0 aromatic heterocycles. The van der Waals surface area contributed by atoms with Crippen LogP contribution >= 0.6 is 0 Å². The van der Waals surface area contributed by atoms with Crippen LogP contribution in [0.1, 0.15) is 27.2 Å². The first-order chi connectivity index (χ1) is 8.06. The second-order valence-corrected chi connectivity index (χ2v) is 4.70. The number of rotatable bonds is 4. The summed E-state index contributed by atoms with van der Waals surface area (Å²) < 4.78 is 5.36. The second kappa shape index (κ2) is 6.58. The minimum Gasteiger partial charge on any atom is -0.378 e. The average molecular weight is 239 g/mol. The number of hydrogen-bond acceptors (Lipinski definition) is 4. The lowest BCUT2D eigenvalue weighted by Crippen LogP contribution is -2.57. The van der Waals surface area contributed by atoms with Crippen LogP contribution in [-0.4, -0.2) is 48.7 Å². The Labute approximate surface area is 103 Å². The van der Waals surface area contributed by atoms with Crippen LogP contribution in [0.15, 0.2) is 0 Å². The molecule has 0 spiro atoms. The third-order valence-electron chi connectivity index (χ3n) is 2.86. The SMILES string of the molecule is CC(C)NC(=O)C1COCCN1C(C)CC#N. The Balaban J connectivity index is 2.65. The van der Waals surface area contributed by atoms with E-state index in [0.717, 1.165) is 0 Å². The molecular formula is C12H21N3O2. The topological polar surface area (TPSA) is 65.4 Å². The maximum absolute atomic E-state index is 12.0. The van der Waals surface area contributed by atoms with Crippen molar-refractivity contribution in [2.75, 3.05) is 19.8 Å². The lowest BCUT2D eigenvalue weighted by Gasteiger charge is -2.38. The number of nitriles is 1. The van der Waals surface area contributed by atoms with Gasteiger partial charge in [0, 0.05) is 18.6 Å². The molecule has 0 bridgehead atoms. The molecular weight excluding hydrogens is 218 g/mol. The Morgan fingerprint density at radius 3 is 2.88 bits per heavy atom. The highest BCUT2D eigenvalue weighted by Gasteiger charge is 2.32. The Kier molecular flexibility index (Phi) is 5.39. The number of amides is 1. The molecule has 0 aromatic carbocycles. The Bertz CT molecular complexity index is 299. The summed E-state index contributed by atoms with van der Waals surface area (Å²) in [6.07, 6.45) is 0.436. The molecule has 1 saturated heterocycles. The zero-order chi connectivity index (χ0) is 12.8. The standard InChI is InChI=1S/C12H21N3O2/c1-9(2)14-12(16)11-8-17-7-6-15(11)10(3)4-5-13/h9-11H,4,6-8H2,1-3H3,(H,14,16). The van der Waals surface area contributed by atoms with Crippen molar-refractivity contribution < 1.29 is 9.53 Å². The largest absolute Gasteiger partial charge is 0.378 e. The first-order valence-electron chi connectivity index (χ1n) is 6.07. The van der Waals surface area contributed by atoms with Crippen molar-refractivity contribution >= 4 is 5.91 Å². The number of carbonyl (C=O) groups excluding carboxylic acids is 1. The Morgan fingerprint density at radius 1 is 1.59 bits per heavy atom. The third kappa shape index (κ3) is 3.99. The minimum absolute atomic E-state index is 0.00973. The van der Waals surface area contributed by atoms with Gasteiger partial charge in [-0.1, -0.05) is 0 Å². The van der Waals surface area contributed by atoms with Crippen molar-refractivity contribution in [2.45, 2.75) is 45.3 Å². The van der Waals surface area contributed by atoms with E-state index in [1.807, 2.05) is 20.8 Å². The smallest absolute Gasteiger partial charge is 0.239 e. The highest BCUT2D eigenvalue weighted by atomic mass is 16.5. The van der Waals surface area contributed by atoms with Crippen LogP contribution in [0.3, 0.4) is 0 Å². The summed E-state index contributed by atoms with van der Waals surface area (Å²) in [6.45, 7) is 7.59. The second-order valence-electron chi connectivity index (χ2n) is 4.70. The van der Waals surface area contributed by atoms with Crippen molar-refractivity contribution in [1.82, 2.24) is 10.2 Å². The predicted octanol–water partition coefficient (Wildman–Crippen LogP) is 0.514. The van der Waals surface area contributed by atoms with Crippen LogP contribution in [0.2, 0.25) is 0 Å². The number of carbonyl (C=O) groups is 1.